The number of hydrogen-bond donors (Lipinski definition) is 1. The van der Waals surface area contributed by atoms with E-state index in [1.165, 1.54) is 14.2 Å². The Morgan fingerprint density at radius 1 is 1.28 bits per heavy atom. The van der Waals surface area contributed by atoms with E-state index in [2.05, 4.69) is 20.4 Å². The molecule has 1 amide bonds. The van der Waals surface area contributed by atoms with Gasteiger partial charge in [-0.05, 0) is 25.1 Å². The summed E-state index contributed by atoms with van der Waals surface area (Å²) in [4.78, 5) is 26.3. The van der Waals surface area contributed by atoms with Crippen molar-refractivity contribution in [3.05, 3.63) is 47.0 Å². The van der Waals surface area contributed by atoms with Crippen LogP contribution in [0.3, 0.4) is 0 Å². The Kier molecular flexibility index (Phi) is 6.00. The van der Waals surface area contributed by atoms with Crippen LogP contribution in [0.25, 0.3) is 11.4 Å². The van der Waals surface area contributed by atoms with Gasteiger partial charge in [-0.15, -0.1) is 0 Å². The van der Waals surface area contributed by atoms with Gasteiger partial charge in [0.1, 0.15) is 11.5 Å². The zero-order valence-electron chi connectivity index (χ0n) is 16.7. The highest BCUT2D eigenvalue weighted by atomic mass is 35.5. The first-order chi connectivity index (χ1) is 13.8. The molecule has 0 radical (unpaired) electrons. The molecule has 152 valence electrons. The number of anilines is 2. The normalized spacial score (nSPS) is 10.7. The molecular weight excluding hydrogens is 396 g/mol. The van der Waals surface area contributed by atoms with Gasteiger partial charge in [0.25, 0.3) is 5.91 Å². The molecule has 0 atom stereocenters. The number of para-hydroxylation sites is 1. The molecular formula is C19H21ClN6O3. The second-order valence-electron chi connectivity index (χ2n) is 6.19. The number of rotatable bonds is 6. The Labute approximate surface area is 173 Å². The second kappa shape index (κ2) is 8.46. The number of aryl methyl sites for hydroxylation is 2. The number of nitrogens with zero attached hydrogens (tertiary/aromatic N) is 5. The van der Waals surface area contributed by atoms with Gasteiger partial charge in [0.2, 0.25) is 0 Å². The molecule has 0 spiro atoms. The molecule has 9 nitrogen and oxygen atoms in total. The minimum absolute atomic E-state index is 0.253. The second-order valence-corrected chi connectivity index (χ2v) is 6.58. The Morgan fingerprint density at radius 3 is 2.66 bits per heavy atom. The predicted molar refractivity (Wildman–Crippen MR) is 109 cm³/mol. The van der Waals surface area contributed by atoms with Crippen molar-refractivity contribution in [1.29, 1.82) is 0 Å². The van der Waals surface area contributed by atoms with Crippen LogP contribution in [0, 0.1) is 6.92 Å². The van der Waals surface area contributed by atoms with E-state index in [4.69, 9.17) is 21.2 Å². The van der Waals surface area contributed by atoms with E-state index in [-0.39, 0.29) is 11.1 Å². The van der Waals surface area contributed by atoms with Gasteiger partial charge in [0, 0.05) is 14.1 Å². The van der Waals surface area contributed by atoms with Gasteiger partial charge in [0.05, 0.1) is 42.4 Å². The summed E-state index contributed by atoms with van der Waals surface area (Å²) >= 11 is 6.15. The number of hydroxylamine groups is 2. The fourth-order valence-corrected chi connectivity index (χ4v) is 3.12. The predicted octanol–water partition coefficient (Wildman–Crippen LogP) is 3.22. The van der Waals surface area contributed by atoms with Crippen molar-refractivity contribution < 1.29 is 14.4 Å². The van der Waals surface area contributed by atoms with Crippen molar-refractivity contribution >= 4 is 28.9 Å². The number of methoxy groups -OCH3 is 1. The Morgan fingerprint density at radius 2 is 2.03 bits per heavy atom. The van der Waals surface area contributed by atoms with Crippen LogP contribution in [-0.4, -0.2) is 52.0 Å². The Bertz CT molecular complexity index is 1050. The number of carbonyl (C=O) groups is 1. The van der Waals surface area contributed by atoms with E-state index < -0.39 is 0 Å². The van der Waals surface area contributed by atoms with Crippen LogP contribution in [0.5, 0.6) is 5.75 Å². The first-order valence-corrected chi connectivity index (χ1v) is 9.02. The minimum Gasteiger partial charge on any atom is -0.494 e. The molecule has 0 unspecified atom stereocenters. The summed E-state index contributed by atoms with van der Waals surface area (Å²) in [5.74, 6) is 0.688. The van der Waals surface area contributed by atoms with Gasteiger partial charge in [0.15, 0.2) is 11.6 Å². The number of pyridine rings is 1. The monoisotopic (exact) mass is 416 g/mol. The van der Waals surface area contributed by atoms with Gasteiger partial charge in [-0.3, -0.25) is 14.3 Å². The lowest BCUT2D eigenvalue weighted by molar-refractivity contribution is -0.0757. The van der Waals surface area contributed by atoms with Gasteiger partial charge in [-0.25, -0.2) is 15.0 Å². The third kappa shape index (κ3) is 4.15. The van der Waals surface area contributed by atoms with E-state index in [1.807, 2.05) is 18.2 Å². The zero-order valence-corrected chi connectivity index (χ0v) is 17.5. The SMILES string of the molecule is COc1c(Nc2cc(Cl)nc(C)c2C(=O)N(C)OC)cccc1-c1ncn(C)n1. The van der Waals surface area contributed by atoms with Gasteiger partial charge in [-0.1, -0.05) is 17.7 Å². The van der Waals surface area contributed by atoms with Crippen LogP contribution in [0.4, 0.5) is 11.4 Å². The highest BCUT2D eigenvalue weighted by Crippen LogP contribution is 2.37. The highest BCUT2D eigenvalue weighted by molar-refractivity contribution is 6.30. The standard InChI is InChI=1S/C19H21ClN6O3/c1-11-16(19(27)26(3)29-5)14(9-15(20)22-11)23-13-8-6-7-12(17(13)28-4)18-21-10-25(2)24-18/h6-10H,1-5H3,(H,22,23). The molecule has 1 aromatic carbocycles. The van der Waals surface area contributed by atoms with Gasteiger partial charge in [-0.2, -0.15) is 5.10 Å². The van der Waals surface area contributed by atoms with E-state index in [1.54, 1.807) is 38.2 Å². The summed E-state index contributed by atoms with van der Waals surface area (Å²) in [6.07, 6.45) is 1.61. The molecule has 0 aliphatic carbocycles. The van der Waals surface area contributed by atoms with Crippen LogP contribution < -0.4 is 10.1 Å². The van der Waals surface area contributed by atoms with Crippen molar-refractivity contribution in [2.45, 2.75) is 6.92 Å². The lowest BCUT2D eigenvalue weighted by Crippen LogP contribution is -2.27. The van der Waals surface area contributed by atoms with E-state index >= 15 is 0 Å². The Balaban J connectivity index is 2.10. The average molecular weight is 417 g/mol. The largest absolute Gasteiger partial charge is 0.494 e. The van der Waals surface area contributed by atoms with E-state index in [0.29, 0.717) is 39.8 Å². The summed E-state index contributed by atoms with van der Waals surface area (Å²) in [6.45, 7) is 1.71. The summed E-state index contributed by atoms with van der Waals surface area (Å²) in [6, 6.07) is 7.10. The fourth-order valence-electron chi connectivity index (χ4n) is 2.88. The minimum atomic E-state index is -0.363. The maximum Gasteiger partial charge on any atom is 0.281 e. The third-order valence-electron chi connectivity index (χ3n) is 4.27. The molecule has 3 aromatic rings. The number of carbonyl (C=O) groups excluding carboxylic acids is 1. The van der Waals surface area contributed by atoms with Gasteiger partial charge < -0.3 is 10.1 Å². The van der Waals surface area contributed by atoms with E-state index in [9.17, 15) is 4.79 Å². The van der Waals surface area contributed by atoms with E-state index in [0.717, 1.165) is 5.06 Å². The first kappa shape index (κ1) is 20.6. The van der Waals surface area contributed by atoms with Crippen molar-refractivity contribution in [2.24, 2.45) is 7.05 Å². The maximum atomic E-state index is 12.8. The molecule has 0 saturated carbocycles. The molecule has 0 aliphatic heterocycles. The number of hydrogen-bond acceptors (Lipinski definition) is 7. The number of ether oxygens (including phenoxy) is 1. The highest BCUT2D eigenvalue weighted by Gasteiger charge is 2.22. The average Bonchev–Trinajstić information content (AvgIpc) is 3.12. The van der Waals surface area contributed by atoms with Crippen LogP contribution in [-0.2, 0) is 11.9 Å². The van der Waals surface area contributed by atoms with Crippen LogP contribution in [0.15, 0.2) is 30.6 Å². The van der Waals surface area contributed by atoms with Crippen molar-refractivity contribution in [3.8, 4) is 17.1 Å². The van der Waals surface area contributed by atoms with Gasteiger partial charge >= 0.3 is 0 Å². The molecule has 29 heavy (non-hydrogen) atoms. The first-order valence-electron chi connectivity index (χ1n) is 8.65. The molecule has 2 heterocycles. The summed E-state index contributed by atoms with van der Waals surface area (Å²) in [5.41, 5.74) is 2.60. The number of benzene rings is 1. The number of aromatic nitrogens is 4. The van der Waals surface area contributed by atoms with Crippen molar-refractivity contribution in [2.75, 3.05) is 26.6 Å². The molecule has 1 N–H and O–H groups in total. The fraction of sp³-hybridized carbons (Fsp3) is 0.263. The molecule has 0 fully saturated rings. The van der Waals surface area contributed by atoms with Crippen LogP contribution in [0.1, 0.15) is 16.1 Å². The smallest absolute Gasteiger partial charge is 0.281 e. The van der Waals surface area contributed by atoms with Crippen LogP contribution in [0.2, 0.25) is 5.15 Å². The summed E-state index contributed by atoms with van der Waals surface area (Å²) in [7, 11) is 6.28. The molecule has 2 aromatic heterocycles. The summed E-state index contributed by atoms with van der Waals surface area (Å²) in [5, 5.41) is 8.94. The Hall–Kier alpha value is -3.17. The van der Waals surface area contributed by atoms with Crippen molar-refractivity contribution in [3.63, 3.8) is 0 Å². The lowest BCUT2D eigenvalue weighted by atomic mass is 10.1. The number of nitrogens with one attached hydrogen (secondary N) is 1. The third-order valence-corrected chi connectivity index (χ3v) is 4.47. The molecule has 0 saturated heterocycles. The molecule has 0 bridgehead atoms. The molecule has 10 heteroatoms. The molecule has 0 aliphatic rings. The lowest BCUT2D eigenvalue weighted by Gasteiger charge is -2.20. The molecule has 3 rings (SSSR count). The van der Waals surface area contributed by atoms with Crippen molar-refractivity contribution in [1.82, 2.24) is 24.8 Å². The number of amides is 1. The summed E-state index contributed by atoms with van der Waals surface area (Å²) < 4.78 is 7.23. The maximum absolute atomic E-state index is 12.8. The zero-order chi connectivity index (χ0) is 21.1. The number of halogens is 1. The quantitative estimate of drug-likeness (QED) is 0.487. The topological polar surface area (TPSA) is 94.4 Å². The van der Waals surface area contributed by atoms with Crippen LogP contribution >= 0.6 is 11.6 Å².